The second-order valence-corrected chi connectivity index (χ2v) is 6.15. The molecule has 0 aliphatic carbocycles. The molecule has 0 unspecified atom stereocenters. The Bertz CT molecular complexity index is 284. The van der Waals surface area contributed by atoms with Gasteiger partial charge in [-0.15, -0.1) is 0 Å². The van der Waals surface area contributed by atoms with Gasteiger partial charge in [0.05, 0.1) is 0 Å². The van der Waals surface area contributed by atoms with E-state index in [1.807, 2.05) is 0 Å². The Hall–Kier alpha value is -0.790. The summed E-state index contributed by atoms with van der Waals surface area (Å²) in [6.45, 7) is 6.17. The maximum absolute atomic E-state index is 11.2. The second kappa shape index (κ2) is 10.9. The van der Waals surface area contributed by atoms with Crippen LogP contribution in [0.4, 0.5) is 0 Å². The molecule has 0 bridgehead atoms. The summed E-state index contributed by atoms with van der Waals surface area (Å²) in [6, 6.07) is 0. The topological polar surface area (TPSA) is 20.3 Å². The van der Waals surface area contributed by atoms with E-state index in [2.05, 4.69) is 17.9 Å². The molecule has 0 N–H and O–H groups in total. The lowest BCUT2D eigenvalue weighted by Gasteiger charge is -2.28. The van der Waals surface area contributed by atoms with Gasteiger partial charge in [0.25, 0.3) is 0 Å². The van der Waals surface area contributed by atoms with Crippen LogP contribution in [0.2, 0.25) is 0 Å². The van der Waals surface area contributed by atoms with Crippen molar-refractivity contribution in [2.45, 2.75) is 84.5 Å². The highest BCUT2D eigenvalue weighted by Gasteiger charge is 2.10. The minimum Gasteiger partial charge on any atom is -0.375 e. The minimum atomic E-state index is 0.304. The molecule has 1 saturated heterocycles. The van der Waals surface area contributed by atoms with Gasteiger partial charge >= 0.3 is 0 Å². The van der Waals surface area contributed by atoms with Gasteiger partial charge in [-0.1, -0.05) is 51.0 Å². The third-order valence-electron chi connectivity index (χ3n) is 4.33. The van der Waals surface area contributed by atoms with Crippen LogP contribution in [0.3, 0.4) is 0 Å². The Labute approximate surface area is 125 Å². The number of hydrogen-bond donors (Lipinski definition) is 0. The molecule has 2 heteroatoms. The number of carbonyl (C=O) groups is 1. The summed E-state index contributed by atoms with van der Waals surface area (Å²) in [5, 5.41) is 0. The molecule has 0 saturated carbocycles. The fraction of sp³-hybridized carbons (Fsp3) is 0.833. The van der Waals surface area contributed by atoms with Crippen LogP contribution in [0, 0.1) is 0 Å². The van der Waals surface area contributed by atoms with Gasteiger partial charge < -0.3 is 9.69 Å². The van der Waals surface area contributed by atoms with Gasteiger partial charge in [0, 0.05) is 25.2 Å². The molecule has 0 aromatic heterocycles. The fourth-order valence-electron chi connectivity index (χ4n) is 3.03. The van der Waals surface area contributed by atoms with E-state index in [0.717, 1.165) is 6.42 Å². The Morgan fingerprint density at radius 3 is 1.70 bits per heavy atom. The van der Waals surface area contributed by atoms with Crippen molar-refractivity contribution in [1.82, 2.24) is 4.90 Å². The van der Waals surface area contributed by atoms with E-state index in [0.29, 0.717) is 12.2 Å². The third-order valence-corrected chi connectivity index (χ3v) is 4.33. The summed E-state index contributed by atoms with van der Waals surface area (Å²) in [5.74, 6) is 0.304. The molecule has 1 fully saturated rings. The molecule has 0 atom stereocenters. The summed E-state index contributed by atoms with van der Waals surface area (Å²) in [6.07, 6.45) is 16.2. The monoisotopic (exact) mass is 279 g/mol. The molecule has 1 aliphatic rings. The van der Waals surface area contributed by atoms with Crippen molar-refractivity contribution in [3.63, 3.8) is 0 Å². The lowest BCUT2D eigenvalue weighted by molar-refractivity contribution is -0.117. The molecule has 1 heterocycles. The van der Waals surface area contributed by atoms with Crippen molar-refractivity contribution in [2.75, 3.05) is 13.1 Å². The first-order valence-electron chi connectivity index (χ1n) is 8.63. The van der Waals surface area contributed by atoms with Gasteiger partial charge in [-0.2, -0.15) is 0 Å². The standard InChI is InChI=1S/C18H33NO/c1-3-18(14-13-17(2)20)19-15-11-9-7-5-4-6-8-10-12-16-19/h3H,4-16H2,1-2H3. The number of carbonyl (C=O) groups excluding carboxylic acids is 1. The molecule has 116 valence electrons. The zero-order chi connectivity index (χ0) is 14.6. The molecule has 0 spiro atoms. The van der Waals surface area contributed by atoms with E-state index in [9.17, 15) is 4.79 Å². The van der Waals surface area contributed by atoms with E-state index in [1.54, 1.807) is 6.92 Å². The Kier molecular flexibility index (Phi) is 9.44. The largest absolute Gasteiger partial charge is 0.375 e. The number of allylic oxidation sites excluding steroid dienone is 2. The van der Waals surface area contributed by atoms with Crippen LogP contribution in [0.5, 0.6) is 0 Å². The smallest absolute Gasteiger partial charge is 0.130 e. The summed E-state index contributed by atoms with van der Waals surface area (Å²) in [7, 11) is 0. The predicted molar refractivity (Wildman–Crippen MR) is 86.8 cm³/mol. The van der Waals surface area contributed by atoms with E-state index >= 15 is 0 Å². The van der Waals surface area contributed by atoms with Crippen molar-refractivity contribution in [3.05, 3.63) is 11.8 Å². The molecule has 20 heavy (non-hydrogen) atoms. The van der Waals surface area contributed by atoms with Crippen molar-refractivity contribution < 1.29 is 4.79 Å². The number of nitrogens with zero attached hydrogens (tertiary/aromatic N) is 1. The van der Waals surface area contributed by atoms with E-state index in [-0.39, 0.29) is 0 Å². The third kappa shape index (κ3) is 7.72. The molecule has 2 nitrogen and oxygen atoms in total. The summed E-state index contributed by atoms with van der Waals surface area (Å²) < 4.78 is 0. The van der Waals surface area contributed by atoms with Crippen LogP contribution >= 0.6 is 0 Å². The van der Waals surface area contributed by atoms with Crippen LogP contribution in [-0.4, -0.2) is 23.8 Å². The van der Waals surface area contributed by atoms with Gasteiger partial charge in [-0.05, 0) is 33.1 Å². The number of rotatable bonds is 4. The number of hydrogen-bond acceptors (Lipinski definition) is 2. The fourth-order valence-corrected chi connectivity index (χ4v) is 3.03. The Balaban J connectivity index is 2.49. The molecule has 0 radical (unpaired) electrons. The Morgan fingerprint density at radius 2 is 1.30 bits per heavy atom. The van der Waals surface area contributed by atoms with Crippen LogP contribution in [0.15, 0.2) is 11.8 Å². The summed E-state index contributed by atoms with van der Waals surface area (Å²) >= 11 is 0. The van der Waals surface area contributed by atoms with Crippen LogP contribution in [-0.2, 0) is 4.79 Å². The van der Waals surface area contributed by atoms with Gasteiger partial charge in [0.15, 0.2) is 0 Å². The number of Topliss-reactive ketones (excluding diaryl/α,β-unsaturated/α-hetero) is 1. The molecular weight excluding hydrogens is 246 g/mol. The van der Waals surface area contributed by atoms with Gasteiger partial charge in [-0.25, -0.2) is 0 Å². The van der Waals surface area contributed by atoms with E-state index in [1.165, 1.54) is 76.6 Å². The predicted octanol–water partition coefficient (Wildman–Crippen LogP) is 5.09. The summed E-state index contributed by atoms with van der Waals surface area (Å²) in [4.78, 5) is 13.8. The average molecular weight is 279 g/mol. The highest BCUT2D eigenvalue weighted by Crippen LogP contribution is 2.18. The molecule has 1 rings (SSSR count). The molecule has 0 amide bonds. The normalized spacial score (nSPS) is 20.1. The zero-order valence-electron chi connectivity index (χ0n) is 13.6. The van der Waals surface area contributed by atoms with Crippen LogP contribution in [0.25, 0.3) is 0 Å². The van der Waals surface area contributed by atoms with Crippen molar-refractivity contribution in [2.24, 2.45) is 0 Å². The lowest BCUT2D eigenvalue weighted by atomic mass is 10.0. The maximum Gasteiger partial charge on any atom is 0.130 e. The van der Waals surface area contributed by atoms with Crippen molar-refractivity contribution in [1.29, 1.82) is 0 Å². The highest BCUT2D eigenvalue weighted by molar-refractivity contribution is 5.75. The van der Waals surface area contributed by atoms with Gasteiger partial charge in [0.1, 0.15) is 5.78 Å². The first-order chi connectivity index (χ1) is 9.74. The Morgan fingerprint density at radius 1 is 0.850 bits per heavy atom. The van der Waals surface area contributed by atoms with Gasteiger partial charge in [-0.3, -0.25) is 0 Å². The average Bonchev–Trinajstić information content (AvgIpc) is 2.41. The second-order valence-electron chi connectivity index (χ2n) is 6.15. The molecule has 0 aromatic carbocycles. The molecule has 1 aliphatic heterocycles. The maximum atomic E-state index is 11.2. The van der Waals surface area contributed by atoms with Gasteiger partial charge in [0.2, 0.25) is 0 Å². The van der Waals surface area contributed by atoms with Crippen LogP contribution < -0.4 is 0 Å². The first-order valence-corrected chi connectivity index (χ1v) is 8.63. The molecular formula is C18H33NO. The molecule has 0 aromatic rings. The summed E-state index contributed by atoms with van der Waals surface area (Å²) in [5.41, 5.74) is 1.39. The minimum absolute atomic E-state index is 0.304. The van der Waals surface area contributed by atoms with E-state index in [4.69, 9.17) is 0 Å². The van der Waals surface area contributed by atoms with Crippen molar-refractivity contribution in [3.8, 4) is 0 Å². The quantitative estimate of drug-likeness (QED) is 0.714. The lowest BCUT2D eigenvalue weighted by Crippen LogP contribution is -2.26. The van der Waals surface area contributed by atoms with Crippen molar-refractivity contribution >= 4 is 5.78 Å². The first kappa shape index (κ1) is 17.3. The SMILES string of the molecule is CC=C(CCC(C)=O)N1CCCCCCCCCCC1. The van der Waals surface area contributed by atoms with E-state index < -0.39 is 0 Å². The van der Waals surface area contributed by atoms with Crippen LogP contribution in [0.1, 0.15) is 84.5 Å². The zero-order valence-corrected chi connectivity index (χ0v) is 13.6. The number of ketones is 1. The highest BCUT2D eigenvalue weighted by atomic mass is 16.1.